The summed E-state index contributed by atoms with van der Waals surface area (Å²) in [7, 11) is 0. The average molecular weight is 261 g/mol. The number of rotatable bonds is 5. The van der Waals surface area contributed by atoms with Crippen LogP contribution in [0.1, 0.15) is 27.4 Å². The van der Waals surface area contributed by atoms with Gasteiger partial charge in [-0.2, -0.15) is 0 Å². The Balaban J connectivity index is 1.94. The van der Waals surface area contributed by atoms with Gasteiger partial charge >= 0.3 is 5.97 Å². The molecule has 1 aromatic heterocycles. The van der Waals surface area contributed by atoms with E-state index in [0.29, 0.717) is 18.8 Å². The maximum Gasteiger partial charge on any atom is 0.358 e. The second-order valence-electron chi connectivity index (χ2n) is 4.27. The Morgan fingerprint density at radius 1 is 1.37 bits per heavy atom. The highest BCUT2D eigenvalue weighted by molar-refractivity contribution is 5.86. The second kappa shape index (κ2) is 5.56. The van der Waals surface area contributed by atoms with E-state index in [1.807, 2.05) is 32.0 Å². The van der Waals surface area contributed by atoms with Crippen molar-refractivity contribution in [2.75, 3.05) is 6.61 Å². The van der Waals surface area contributed by atoms with Gasteiger partial charge in [0.2, 0.25) is 0 Å². The third-order valence-corrected chi connectivity index (χ3v) is 2.92. The fraction of sp³-hybridized carbons (Fsp3) is 0.286. The number of ether oxygens (including phenoxy) is 1. The predicted octanol–water partition coefficient (Wildman–Crippen LogP) is 2.61. The quantitative estimate of drug-likeness (QED) is 0.895. The largest absolute Gasteiger partial charge is 0.493 e. The van der Waals surface area contributed by atoms with Crippen LogP contribution in [0.4, 0.5) is 0 Å². The number of aromatic carboxylic acids is 1. The molecule has 0 saturated carbocycles. The van der Waals surface area contributed by atoms with Crippen molar-refractivity contribution in [3.8, 4) is 5.75 Å². The van der Waals surface area contributed by atoms with Crippen LogP contribution in [-0.4, -0.2) is 22.7 Å². The topological polar surface area (TPSA) is 72.6 Å². The molecule has 5 nitrogen and oxygen atoms in total. The number of carbonyl (C=O) groups is 1. The molecule has 0 atom stereocenters. The lowest BCUT2D eigenvalue weighted by atomic mass is 10.1. The number of hydrogen-bond acceptors (Lipinski definition) is 4. The second-order valence-corrected chi connectivity index (χ2v) is 4.27. The third-order valence-electron chi connectivity index (χ3n) is 2.92. The summed E-state index contributed by atoms with van der Waals surface area (Å²) in [4.78, 5) is 14.5. The van der Waals surface area contributed by atoms with E-state index in [2.05, 4.69) is 4.98 Å². The van der Waals surface area contributed by atoms with Crippen molar-refractivity contribution in [2.24, 2.45) is 0 Å². The zero-order chi connectivity index (χ0) is 13.8. The Kier molecular flexibility index (Phi) is 3.85. The summed E-state index contributed by atoms with van der Waals surface area (Å²) < 4.78 is 10.6. The van der Waals surface area contributed by atoms with E-state index in [1.54, 1.807) is 0 Å². The van der Waals surface area contributed by atoms with Crippen LogP contribution in [0.3, 0.4) is 0 Å². The molecule has 1 heterocycles. The Bertz CT molecular complexity index is 589. The predicted molar refractivity (Wildman–Crippen MR) is 68.6 cm³/mol. The van der Waals surface area contributed by atoms with Gasteiger partial charge in [-0.05, 0) is 37.1 Å². The normalized spacial score (nSPS) is 10.4. The molecule has 1 aromatic carbocycles. The smallest absolute Gasteiger partial charge is 0.358 e. The molecule has 0 saturated heterocycles. The molecule has 2 rings (SSSR count). The van der Waals surface area contributed by atoms with Crippen LogP contribution in [0.25, 0.3) is 0 Å². The molecule has 0 spiro atoms. The molecule has 5 heteroatoms. The van der Waals surface area contributed by atoms with Gasteiger partial charge in [-0.15, -0.1) is 0 Å². The van der Waals surface area contributed by atoms with Crippen LogP contribution < -0.4 is 4.74 Å². The van der Waals surface area contributed by atoms with E-state index < -0.39 is 5.97 Å². The molecule has 0 fully saturated rings. The van der Waals surface area contributed by atoms with Crippen molar-refractivity contribution in [2.45, 2.75) is 20.3 Å². The monoisotopic (exact) mass is 261 g/mol. The molecule has 1 N–H and O–H groups in total. The van der Waals surface area contributed by atoms with Crippen LogP contribution in [0.15, 0.2) is 29.0 Å². The van der Waals surface area contributed by atoms with Crippen molar-refractivity contribution in [3.05, 3.63) is 47.2 Å². The minimum atomic E-state index is -1.09. The summed E-state index contributed by atoms with van der Waals surface area (Å²) in [5, 5.41) is 8.87. The van der Waals surface area contributed by atoms with Crippen molar-refractivity contribution < 1.29 is 19.1 Å². The first-order valence-corrected chi connectivity index (χ1v) is 5.93. The Morgan fingerprint density at radius 2 is 2.16 bits per heavy atom. The standard InChI is InChI=1S/C14H15NO4/c1-9-3-4-11(7-10(9)2)18-6-5-12-13(14(16)17)15-8-19-12/h3-4,7-8H,5-6H2,1-2H3,(H,16,17). The van der Waals surface area contributed by atoms with Crippen molar-refractivity contribution in [3.63, 3.8) is 0 Å². The summed E-state index contributed by atoms with van der Waals surface area (Å²) in [6, 6.07) is 5.83. The first-order chi connectivity index (χ1) is 9.08. The van der Waals surface area contributed by atoms with Gasteiger partial charge in [-0.25, -0.2) is 9.78 Å². The van der Waals surface area contributed by atoms with Gasteiger partial charge in [-0.3, -0.25) is 0 Å². The number of hydrogen-bond donors (Lipinski definition) is 1. The molecule has 0 aliphatic carbocycles. The minimum absolute atomic E-state index is 0.0521. The highest BCUT2D eigenvalue weighted by Gasteiger charge is 2.15. The number of nitrogens with zero attached hydrogens (tertiary/aromatic N) is 1. The average Bonchev–Trinajstić information content (AvgIpc) is 2.82. The maximum atomic E-state index is 10.8. The molecule has 0 aliphatic rings. The third kappa shape index (κ3) is 3.13. The van der Waals surface area contributed by atoms with Crippen LogP contribution in [0.2, 0.25) is 0 Å². The lowest BCUT2D eigenvalue weighted by molar-refractivity contribution is 0.0688. The molecule has 2 aromatic rings. The number of carboxylic acid groups (broad SMARTS) is 1. The van der Waals surface area contributed by atoms with E-state index in [1.165, 1.54) is 5.56 Å². The molecule has 0 bridgehead atoms. The highest BCUT2D eigenvalue weighted by atomic mass is 16.5. The van der Waals surface area contributed by atoms with Gasteiger partial charge in [0.1, 0.15) is 11.5 Å². The Hall–Kier alpha value is -2.30. The number of benzene rings is 1. The summed E-state index contributed by atoms with van der Waals surface area (Å²) in [5.41, 5.74) is 2.31. The van der Waals surface area contributed by atoms with Crippen LogP contribution in [0.5, 0.6) is 5.75 Å². The van der Waals surface area contributed by atoms with Crippen LogP contribution in [-0.2, 0) is 6.42 Å². The van der Waals surface area contributed by atoms with Crippen LogP contribution >= 0.6 is 0 Å². The fourth-order valence-electron chi connectivity index (χ4n) is 1.69. The van der Waals surface area contributed by atoms with Gasteiger partial charge in [0.25, 0.3) is 0 Å². The van der Waals surface area contributed by atoms with Crippen molar-refractivity contribution in [1.82, 2.24) is 4.98 Å². The number of aromatic nitrogens is 1. The summed E-state index contributed by atoms with van der Waals surface area (Å²) in [5.74, 6) is 0.00533. The molecular weight excluding hydrogens is 246 g/mol. The van der Waals surface area contributed by atoms with Gasteiger partial charge in [-0.1, -0.05) is 6.07 Å². The maximum absolute atomic E-state index is 10.8. The van der Waals surface area contributed by atoms with Crippen molar-refractivity contribution in [1.29, 1.82) is 0 Å². The fourth-order valence-corrected chi connectivity index (χ4v) is 1.69. The van der Waals surface area contributed by atoms with Crippen LogP contribution in [0, 0.1) is 13.8 Å². The number of aryl methyl sites for hydroxylation is 2. The molecular formula is C14H15NO4. The lowest BCUT2D eigenvalue weighted by Crippen LogP contribution is -2.06. The van der Waals surface area contributed by atoms with Gasteiger partial charge < -0.3 is 14.3 Å². The number of carboxylic acids is 1. The minimum Gasteiger partial charge on any atom is -0.493 e. The molecule has 0 radical (unpaired) electrons. The van der Waals surface area contributed by atoms with E-state index in [9.17, 15) is 4.79 Å². The SMILES string of the molecule is Cc1ccc(OCCc2ocnc2C(=O)O)cc1C. The number of oxazole rings is 1. The summed E-state index contributed by atoms with van der Waals surface area (Å²) in [6.07, 6.45) is 1.50. The van der Waals surface area contributed by atoms with E-state index in [0.717, 1.165) is 17.7 Å². The molecule has 100 valence electrons. The Labute approximate surface area is 110 Å². The molecule has 0 unspecified atom stereocenters. The molecule has 19 heavy (non-hydrogen) atoms. The lowest BCUT2D eigenvalue weighted by Gasteiger charge is -2.07. The zero-order valence-corrected chi connectivity index (χ0v) is 10.8. The first kappa shape index (κ1) is 13.1. The zero-order valence-electron chi connectivity index (χ0n) is 10.8. The van der Waals surface area contributed by atoms with Gasteiger partial charge in [0.15, 0.2) is 12.1 Å². The Morgan fingerprint density at radius 3 is 2.84 bits per heavy atom. The van der Waals surface area contributed by atoms with E-state index in [4.69, 9.17) is 14.3 Å². The van der Waals surface area contributed by atoms with Crippen molar-refractivity contribution >= 4 is 5.97 Å². The van der Waals surface area contributed by atoms with E-state index >= 15 is 0 Å². The summed E-state index contributed by atoms with van der Waals surface area (Å²) >= 11 is 0. The molecule has 0 aliphatic heterocycles. The highest BCUT2D eigenvalue weighted by Crippen LogP contribution is 2.17. The molecule has 0 amide bonds. The van der Waals surface area contributed by atoms with Gasteiger partial charge in [0.05, 0.1) is 6.61 Å². The summed E-state index contributed by atoms with van der Waals surface area (Å²) in [6.45, 7) is 4.39. The first-order valence-electron chi connectivity index (χ1n) is 5.93. The van der Waals surface area contributed by atoms with Gasteiger partial charge in [0, 0.05) is 6.42 Å². The van der Waals surface area contributed by atoms with E-state index in [-0.39, 0.29) is 5.69 Å².